The van der Waals surface area contributed by atoms with Gasteiger partial charge in [0.1, 0.15) is 11.4 Å². The number of halogens is 1. The van der Waals surface area contributed by atoms with Crippen molar-refractivity contribution in [1.29, 1.82) is 0 Å². The van der Waals surface area contributed by atoms with Crippen LogP contribution in [0.25, 0.3) is 22.2 Å². The van der Waals surface area contributed by atoms with Crippen molar-refractivity contribution in [2.75, 3.05) is 13.6 Å². The van der Waals surface area contributed by atoms with Crippen LogP contribution in [0.4, 0.5) is 4.39 Å². The quantitative estimate of drug-likeness (QED) is 0.411. The van der Waals surface area contributed by atoms with Gasteiger partial charge in [-0.25, -0.2) is 9.18 Å². The molecule has 4 aromatic rings. The number of hydrogen-bond acceptors (Lipinski definition) is 4. The first-order valence-electron chi connectivity index (χ1n) is 10.6. The highest BCUT2D eigenvalue weighted by Gasteiger charge is 2.10. The fraction of sp³-hybridized carbons (Fsp3) is 0.280. The molecule has 0 bridgehead atoms. The van der Waals surface area contributed by atoms with Crippen molar-refractivity contribution in [1.82, 2.24) is 15.1 Å². The molecule has 2 heterocycles. The van der Waals surface area contributed by atoms with Gasteiger partial charge in [-0.1, -0.05) is 19.1 Å². The number of H-pyrrole nitrogens is 1. The molecule has 0 fully saturated rings. The Hall–Kier alpha value is -3.25. The number of benzene rings is 2. The lowest BCUT2D eigenvalue weighted by molar-refractivity contribution is 0.322. The van der Waals surface area contributed by atoms with E-state index >= 15 is 0 Å². The van der Waals surface area contributed by atoms with Crippen LogP contribution < -0.4 is 5.63 Å². The number of aromatic amines is 1. The minimum Gasteiger partial charge on any atom is -0.423 e. The van der Waals surface area contributed by atoms with Crippen LogP contribution in [0.3, 0.4) is 0 Å². The minimum absolute atomic E-state index is 0.252. The molecule has 0 radical (unpaired) electrons. The molecule has 0 unspecified atom stereocenters. The molecule has 1 N–H and O–H groups in total. The number of hydrogen-bond donors (Lipinski definition) is 1. The molecule has 0 spiro atoms. The third kappa shape index (κ3) is 5.09. The van der Waals surface area contributed by atoms with Gasteiger partial charge in [-0.05, 0) is 80.4 Å². The molecule has 4 rings (SSSR count). The van der Waals surface area contributed by atoms with Gasteiger partial charge >= 0.3 is 5.63 Å². The fourth-order valence-electron chi connectivity index (χ4n) is 3.79. The summed E-state index contributed by atoms with van der Waals surface area (Å²) in [5.41, 5.74) is 5.23. The standard InChI is InChI=1S/C25H26FN3O2/c1-3-17-6-11-22-19(14-25(30)31-24(22)13-17)16-29(2)12-4-5-21-15-23(28-27-21)18-7-9-20(26)10-8-18/h6-11,13-15H,3-5,12,16H2,1-2H3,(H,27,28). The molecule has 0 amide bonds. The average molecular weight is 420 g/mol. The summed E-state index contributed by atoms with van der Waals surface area (Å²) >= 11 is 0. The van der Waals surface area contributed by atoms with Crippen LogP contribution in [-0.2, 0) is 19.4 Å². The lowest BCUT2D eigenvalue weighted by Crippen LogP contribution is -2.20. The third-order valence-electron chi connectivity index (χ3n) is 5.50. The van der Waals surface area contributed by atoms with Gasteiger partial charge in [0.2, 0.25) is 0 Å². The van der Waals surface area contributed by atoms with Crippen molar-refractivity contribution in [2.45, 2.75) is 32.7 Å². The smallest absolute Gasteiger partial charge is 0.336 e. The van der Waals surface area contributed by atoms with E-state index in [4.69, 9.17) is 4.42 Å². The van der Waals surface area contributed by atoms with E-state index in [0.717, 1.165) is 59.3 Å². The molecular formula is C25H26FN3O2. The number of rotatable bonds is 8. The highest BCUT2D eigenvalue weighted by molar-refractivity contribution is 5.80. The second kappa shape index (κ2) is 9.27. The number of aromatic nitrogens is 2. The third-order valence-corrected chi connectivity index (χ3v) is 5.50. The Balaban J connectivity index is 1.36. The maximum absolute atomic E-state index is 13.1. The van der Waals surface area contributed by atoms with E-state index in [1.54, 1.807) is 18.2 Å². The van der Waals surface area contributed by atoms with Crippen LogP contribution in [0, 0.1) is 5.82 Å². The van der Waals surface area contributed by atoms with Crippen LogP contribution in [0.2, 0.25) is 0 Å². The summed E-state index contributed by atoms with van der Waals surface area (Å²) in [6, 6.07) is 16.0. The van der Waals surface area contributed by atoms with E-state index in [9.17, 15) is 9.18 Å². The summed E-state index contributed by atoms with van der Waals surface area (Å²) in [5.74, 6) is -0.252. The lowest BCUT2D eigenvalue weighted by Gasteiger charge is -2.17. The van der Waals surface area contributed by atoms with Crippen molar-refractivity contribution in [3.05, 3.63) is 87.7 Å². The van der Waals surface area contributed by atoms with E-state index in [-0.39, 0.29) is 11.4 Å². The van der Waals surface area contributed by atoms with Crippen LogP contribution >= 0.6 is 0 Å². The first kappa shape index (κ1) is 21.0. The lowest BCUT2D eigenvalue weighted by atomic mass is 10.1. The Morgan fingerprint density at radius 3 is 2.68 bits per heavy atom. The molecule has 0 saturated carbocycles. The van der Waals surface area contributed by atoms with Gasteiger partial charge in [0.15, 0.2) is 0 Å². The van der Waals surface area contributed by atoms with Gasteiger partial charge in [-0.15, -0.1) is 0 Å². The van der Waals surface area contributed by atoms with E-state index in [1.165, 1.54) is 12.1 Å². The molecule has 0 aliphatic heterocycles. The Morgan fingerprint density at radius 1 is 1.10 bits per heavy atom. The minimum atomic E-state index is -0.310. The van der Waals surface area contributed by atoms with Gasteiger partial charge in [-0.3, -0.25) is 5.10 Å². The van der Waals surface area contributed by atoms with Crippen molar-refractivity contribution < 1.29 is 8.81 Å². The van der Waals surface area contributed by atoms with Crippen molar-refractivity contribution >= 4 is 11.0 Å². The summed E-state index contributed by atoms with van der Waals surface area (Å²) in [7, 11) is 2.05. The highest BCUT2D eigenvalue weighted by atomic mass is 19.1. The maximum atomic E-state index is 13.1. The molecule has 0 saturated heterocycles. The molecule has 6 heteroatoms. The van der Waals surface area contributed by atoms with Gasteiger partial charge in [0.05, 0.1) is 5.69 Å². The van der Waals surface area contributed by atoms with Crippen LogP contribution in [0.5, 0.6) is 0 Å². The van der Waals surface area contributed by atoms with Crippen molar-refractivity contribution in [3.63, 3.8) is 0 Å². The normalized spacial score (nSPS) is 11.5. The van der Waals surface area contributed by atoms with E-state index in [1.807, 2.05) is 18.2 Å². The van der Waals surface area contributed by atoms with Crippen LogP contribution in [-0.4, -0.2) is 28.7 Å². The summed E-state index contributed by atoms with van der Waals surface area (Å²) in [6.07, 6.45) is 2.71. The molecule has 2 aromatic heterocycles. The SMILES string of the molecule is CCc1ccc2c(CN(C)CCCc3cc(-c4ccc(F)cc4)n[nH]3)cc(=O)oc2c1. The number of aryl methyl sites for hydroxylation is 2. The number of nitrogens with one attached hydrogen (secondary N) is 1. The van der Waals surface area contributed by atoms with Gasteiger partial charge in [0, 0.05) is 29.3 Å². The summed E-state index contributed by atoms with van der Waals surface area (Å²) in [6.45, 7) is 3.64. The Morgan fingerprint density at radius 2 is 1.90 bits per heavy atom. The zero-order valence-electron chi connectivity index (χ0n) is 17.8. The molecule has 160 valence electrons. The second-order valence-corrected chi connectivity index (χ2v) is 7.90. The predicted molar refractivity (Wildman–Crippen MR) is 120 cm³/mol. The van der Waals surface area contributed by atoms with Crippen molar-refractivity contribution in [2.24, 2.45) is 0 Å². The van der Waals surface area contributed by atoms with E-state index in [0.29, 0.717) is 12.1 Å². The second-order valence-electron chi connectivity index (χ2n) is 7.90. The van der Waals surface area contributed by atoms with Crippen LogP contribution in [0.15, 0.2) is 63.8 Å². The number of fused-ring (bicyclic) bond motifs is 1. The van der Waals surface area contributed by atoms with Gasteiger partial charge in [-0.2, -0.15) is 5.10 Å². The zero-order valence-corrected chi connectivity index (χ0v) is 17.8. The molecule has 5 nitrogen and oxygen atoms in total. The zero-order chi connectivity index (χ0) is 21.8. The summed E-state index contributed by atoms with van der Waals surface area (Å²) < 4.78 is 18.5. The average Bonchev–Trinajstić information content (AvgIpc) is 3.22. The van der Waals surface area contributed by atoms with Gasteiger partial charge in [0.25, 0.3) is 0 Å². The van der Waals surface area contributed by atoms with E-state index in [2.05, 4.69) is 35.1 Å². The molecular weight excluding hydrogens is 393 g/mol. The highest BCUT2D eigenvalue weighted by Crippen LogP contribution is 2.21. The Bertz CT molecular complexity index is 1230. The topological polar surface area (TPSA) is 62.1 Å². The maximum Gasteiger partial charge on any atom is 0.336 e. The largest absolute Gasteiger partial charge is 0.423 e. The summed E-state index contributed by atoms with van der Waals surface area (Å²) in [5, 5.41) is 8.39. The van der Waals surface area contributed by atoms with E-state index < -0.39 is 0 Å². The molecule has 31 heavy (non-hydrogen) atoms. The Labute approximate surface area is 180 Å². The molecule has 0 aliphatic carbocycles. The molecule has 0 atom stereocenters. The van der Waals surface area contributed by atoms with Crippen LogP contribution in [0.1, 0.15) is 30.2 Å². The Kier molecular flexibility index (Phi) is 6.28. The monoisotopic (exact) mass is 419 g/mol. The number of nitrogens with zero attached hydrogens (tertiary/aromatic N) is 2. The molecule has 2 aromatic carbocycles. The first-order valence-corrected chi connectivity index (χ1v) is 10.6. The first-order chi connectivity index (χ1) is 15.0. The fourth-order valence-corrected chi connectivity index (χ4v) is 3.79. The van der Waals surface area contributed by atoms with Crippen molar-refractivity contribution in [3.8, 4) is 11.3 Å². The predicted octanol–water partition coefficient (Wildman–Crippen LogP) is 4.95. The van der Waals surface area contributed by atoms with Gasteiger partial charge < -0.3 is 9.32 Å². The summed E-state index contributed by atoms with van der Waals surface area (Å²) in [4.78, 5) is 14.2. The molecule has 0 aliphatic rings.